The molecule has 1 aliphatic heterocycles. The van der Waals surface area contributed by atoms with E-state index in [1.807, 2.05) is 91.0 Å². The number of amides is 3. The average molecular weight is 514 g/mol. The number of nitrogens with zero attached hydrogens (tertiary/aromatic N) is 2. The first-order valence-electron chi connectivity index (χ1n) is 13.1. The Hall–Kier alpha value is -3.97. The first-order chi connectivity index (χ1) is 18.4. The van der Waals surface area contributed by atoms with E-state index in [9.17, 15) is 19.5 Å². The third-order valence-electron chi connectivity index (χ3n) is 6.91. The summed E-state index contributed by atoms with van der Waals surface area (Å²) in [7, 11) is 1.72. The Kier molecular flexibility index (Phi) is 9.27. The van der Waals surface area contributed by atoms with Gasteiger partial charge in [-0.2, -0.15) is 0 Å². The zero-order chi connectivity index (χ0) is 26.9. The van der Waals surface area contributed by atoms with Gasteiger partial charge in [0.2, 0.25) is 17.7 Å². The Balaban J connectivity index is 1.46. The summed E-state index contributed by atoms with van der Waals surface area (Å²) >= 11 is 0. The van der Waals surface area contributed by atoms with Gasteiger partial charge in [-0.05, 0) is 23.1 Å². The van der Waals surface area contributed by atoms with Crippen LogP contribution in [0.3, 0.4) is 0 Å². The summed E-state index contributed by atoms with van der Waals surface area (Å²) in [5.41, 5.74) is 2.94. The third-order valence-corrected chi connectivity index (χ3v) is 6.91. The first kappa shape index (κ1) is 27.1. The highest BCUT2D eigenvalue weighted by atomic mass is 16.3. The highest BCUT2D eigenvalue weighted by molar-refractivity contribution is 5.92. The first-order valence-corrected chi connectivity index (χ1v) is 13.1. The van der Waals surface area contributed by atoms with Crippen molar-refractivity contribution >= 4 is 17.7 Å². The zero-order valence-corrected chi connectivity index (χ0v) is 21.7. The highest BCUT2D eigenvalue weighted by Gasteiger charge is 2.40. The molecular weight excluding hydrogens is 478 g/mol. The smallest absolute Gasteiger partial charge is 0.245 e. The minimum atomic E-state index is -0.821. The number of rotatable bonds is 10. The van der Waals surface area contributed by atoms with Gasteiger partial charge in [-0.3, -0.25) is 14.4 Å². The Labute approximate surface area is 224 Å². The lowest BCUT2D eigenvalue weighted by Gasteiger charge is -2.28. The van der Waals surface area contributed by atoms with Crippen LogP contribution in [0.15, 0.2) is 91.0 Å². The van der Waals surface area contributed by atoms with Gasteiger partial charge < -0.3 is 20.2 Å². The topological polar surface area (TPSA) is 89.9 Å². The summed E-state index contributed by atoms with van der Waals surface area (Å²) in [5.74, 6) is -0.818. The summed E-state index contributed by atoms with van der Waals surface area (Å²) in [4.78, 5) is 43.1. The predicted molar refractivity (Wildman–Crippen MR) is 146 cm³/mol. The number of aryl methyl sites for hydroxylation is 1. The van der Waals surface area contributed by atoms with Gasteiger partial charge >= 0.3 is 0 Å². The third kappa shape index (κ3) is 7.29. The molecule has 1 unspecified atom stereocenters. The summed E-state index contributed by atoms with van der Waals surface area (Å²) in [5, 5.41) is 13.3. The normalized spacial score (nSPS) is 17.6. The lowest BCUT2D eigenvalue weighted by atomic mass is 10.0. The van der Waals surface area contributed by atoms with E-state index in [-0.39, 0.29) is 31.2 Å². The van der Waals surface area contributed by atoms with Gasteiger partial charge in [-0.25, -0.2) is 0 Å². The maximum Gasteiger partial charge on any atom is 0.245 e. The van der Waals surface area contributed by atoms with Crippen LogP contribution in [-0.4, -0.2) is 64.4 Å². The molecule has 7 nitrogen and oxygen atoms in total. The van der Waals surface area contributed by atoms with Crippen LogP contribution in [0.1, 0.15) is 29.5 Å². The van der Waals surface area contributed by atoms with Crippen molar-refractivity contribution in [3.8, 4) is 0 Å². The van der Waals surface area contributed by atoms with E-state index in [4.69, 9.17) is 0 Å². The molecule has 3 atom stereocenters. The number of aliphatic hydroxyl groups is 1. The van der Waals surface area contributed by atoms with E-state index in [2.05, 4.69) is 5.32 Å². The number of benzene rings is 3. The van der Waals surface area contributed by atoms with Crippen LogP contribution in [0.4, 0.5) is 0 Å². The minimum Gasteiger partial charge on any atom is -0.391 e. The number of nitrogens with one attached hydrogen (secondary N) is 1. The van der Waals surface area contributed by atoms with Crippen LogP contribution in [0.5, 0.6) is 0 Å². The van der Waals surface area contributed by atoms with Crippen LogP contribution < -0.4 is 5.32 Å². The molecule has 3 aromatic carbocycles. The van der Waals surface area contributed by atoms with Gasteiger partial charge in [0.05, 0.1) is 6.10 Å². The maximum absolute atomic E-state index is 13.5. The lowest BCUT2D eigenvalue weighted by molar-refractivity contribution is -0.140. The van der Waals surface area contributed by atoms with Crippen molar-refractivity contribution in [1.29, 1.82) is 0 Å². The number of carbonyl (C=O) groups excluding carboxylic acids is 3. The van der Waals surface area contributed by atoms with Gasteiger partial charge in [0.1, 0.15) is 12.1 Å². The molecule has 1 aliphatic rings. The van der Waals surface area contributed by atoms with Crippen LogP contribution in [0.25, 0.3) is 0 Å². The van der Waals surface area contributed by atoms with Crippen molar-refractivity contribution in [3.63, 3.8) is 0 Å². The quantitative estimate of drug-likeness (QED) is 0.436. The predicted octanol–water partition coefficient (Wildman–Crippen LogP) is 2.97. The monoisotopic (exact) mass is 513 g/mol. The molecule has 3 amide bonds. The Bertz CT molecular complexity index is 1200. The number of hydrogen-bond acceptors (Lipinski definition) is 4. The summed E-state index contributed by atoms with van der Waals surface area (Å²) < 4.78 is 0. The second-order valence-electron chi connectivity index (χ2n) is 9.87. The second kappa shape index (κ2) is 13.0. The van der Waals surface area contributed by atoms with Gasteiger partial charge in [0, 0.05) is 39.4 Å². The summed E-state index contributed by atoms with van der Waals surface area (Å²) in [6.07, 6.45) is 0.485. The minimum absolute atomic E-state index is 0.108. The molecule has 7 heteroatoms. The van der Waals surface area contributed by atoms with Gasteiger partial charge in [0.15, 0.2) is 0 Å². The molecular formula is C31H35N3O4. The molecule has 0 aliphatic carbocycles. The molecule has 1 saturated heterocycles. The van der Waals surface area contributed by atoms with Crippen molar-refractivity contribution in [3.05, 3.63) is 108 Å². The van der Waals surface area contributed by atoms with E-state index in [0.717, 1.165) is 16.7 Å². The largest absolute Gasteiger partial charge is 0.391 e. The average Bonchev–Trinajstić information content (AvgIpc) is 3.34. The van der Waals surface area contributed by atoms with Crippen molar-refractivity contribution in [2.24, 2.45) is 0 Å². The number of carbonyl (C=O) groups is 3. The molecule has 0 saturated carbocycles. The van der Waals surface area contributed by atoms with Crippen molar-refractivity contribution in [1.82, 2.24) is 15.1 Å². The zero-order valence-electron chi connectivity index (χ0n) is 21.7. The Morgan fingerprint density at radius 3 is 2.05 bits per heavy atom. The fourth-order valence-corrected chi connectivity index (χ4v) is 4.90. The highest BCUT2D eigenvalue weighted by Crippen LogP contribution is 2.21. The van der Waals surface area contributed by atoms with Crippen LogP contribution in [0.2, 0.25) is 0 Å². The second-order valence-corrected chi connectivity index (χ2v) is 9.87. The molecule has 38 heavy (non-hydrogen) atoms. The van der Waals surface area contributed by atoms with E-state index in [1.54, 1.807) is 11.9 Å². The molecule has 1 fully saturated rings. The fourth-order valence-electron chi connectivity index (χ4n) is 4.90. The maximum atomic E-state index is 13.5. The molecule has 0 radical (unpaired) electrons. The molecule has 3 aromatic rings. The van der Waals surface area contributed by atoms with Crippen molar-refractivity contribution in [2.45, 2.75) is 50.4 Å². The molecule has 0 bridgehead atoms. The van der Waals surface area contributed by atoms with Crippen LogP contribution in [0, 0.1) is 0 Å². The standard InChI is InChI=1S/C31H35N3O4/c1-33(21-25-15-9-4-10-16-25)31(38)27(19-24-13-7-3-8-14-24)32-30(37)28-20-26(35)22-34(28)29(36)18-17-23-11-5-2-6-12-23/h2-16,26-28,35H,17-22H2,1H3,(H,32,37)/t26-,27-,28?/m1/s1. The van der Waals surface area contributed by atoms with E-state index >= 15 is 0 Å². The SMILES string of the molecule is CN(Cc1ccccc1)C(=O)[C@@H](Cc1ccccc1)NC(=O)C1C[C@@H](O)CN1C(=O)CCc1ccccc1. The van der Waals surface area contributed by atoms with Gasteiger partial charge in [-0.15, -0.1) is 0 Å². The number of likely N-dealkylation sites (N-methyl/N-ethyl adjacent to an activating group) is 1. The van der Waals surface area contributed by atoms with E-state index in [0.29, 0.717) is 19.4 Å². The van der Waals surface area contributed by atoms with Gasteiger partial charge in [-0.1, -0.05) is 91.0 Å². The van der Waals surface area contributed by atoms with E-state index in [1.165, 1.54) is 4.90 Å². The van der Waals surface area contributed by atoms with E-state index < -0.39 is 24.1 Å². The molecule has 2 N–H and O–H groups in total. The molecule has 0 aromatic heterocycles. The number of hydrogen-bond donors (Lipinski definition) is 2. The fraction of sp³-hybridized carbons (Fsp3) is 0.323. The number of aliphatic hydroxyl groups excluding tert-OH is 1. The number of likely N-dealkylation sites (tertiary alicyclic amines) is 1. The van der Waals surface area contributed by atoms with Crippen LogP contribution >= 0.6 is 0 Å². The summed E-state index contributed by atoms with van der Waals surface area (Å²) in [6.45, 7) is 0.518. The van der Waals surface area contributed by atoms with Crippen LogP contribution in [-0.2, 0) is 33.8 Å². The van der Waals surface area contributed by atoms with Gasteiger partial charge in [0.25, 0.3) is 0 Å². The van der Waals surface area contributed by atoms with Crippen molar-refractivity contribution < 1.29 is 19.5 Å². The Morgan fingerprint density at radius 1 is 0.895 bits per heavy atom. The molecule has 4 rings (SSSR count). The molecule has 198 valence electrons. The molecule has 0 spiro atoms. The number of β-amino-alcohol motifs (C(OH)–C–C–N with tert-alkyl or cyclic N) is 1. The van der Waals surface area contributed by atoms with Crippen molar-refractivity contribution in [2.75, 3.05) is 13.6 Å². The Morgan fingerprint density at radius 2 is 1.45 bits per heavy atom. The lowest BCUT2D eigenvalue weighted by Crippen LogP contribution is -2.54. The molecule has 1 heterocycles. The summed E-state index contributed by atoms with van der Waals surface area (Å²) in [6, 6.07) is 27.3.